The van der Waals surface area contributed by atoms with Gasteiger partial charge in [0, 0.05) is 23.4 Å². The van der Waals surface area contributed by atoms with E-state index < -0.39 is 14.9 Å². The highest BCUT2D eigenvalue weighted by Crippen LogP contribution is 2.40. The van der Waals surface area contributed by atoms with Gasteiger partial charge in [0.1, 0.15) is 5.69 Å². The van der Waals surface area contributed by atoms with Gasteiger partial charge in [0.2, 0.25) is 0 Å². The normalized spacial score (nSPS) is 21.8. The van der Waals surface area contributed by atoms with E-state index in [1.165, 1.54) is 12.1 Å². The van der Waals surface area contributed by atoms with Crippen molar-refractivity contribution >= 4 is 32.8 Å². The predicted molar refractivity (Wildman–Crippen MR) is 107 cm³/mol. The molecule has 144 valence electrons. The molecule has 0 aliphatic heterocycles. The summed E-state index contributed by atoms with van der Waals surface area (Å²) in [5.41, 5.74) is 3.91. The number of benzene rings is 2. The van der Waals surface area contributed by atoms with E-state index in [1.807, 2.05) is 0 Å². The fourth-order valence-corrected chi connectivity index (χ4v) is 4.52. The van der Waals surface area contributed by atoms with Crippen LogP contribution in [0.4, 0.5) is 17.1 Å². The van der Waals surface area contributed by atoms with Crippen LogP contribution >= 0.6 is 0 Å². The number of para-hydroxylation sites is 1. The molecule has 2 aromatic carbocycles. The van der Waals surface area contributed by atoms with Crippen LogP contribution in [-0.2, 0) is 10.0 Å². The first-order valence-electron chi connectivity index (χ1n) is 8.79. The molecule has 0 spiro atoms. The van der Waals surface area contributed by atoms with Crippen molar-refractivity contribution in [2.75, 3.05) is 10.1 Å². The molecule has 0 radical (unpaired) electrons. The van der Waals surface area contributed by atoms with E-state index in [0.717, 1.165) is 24.6 Å². The molecule has 0 unspecified atom stereocenters. The lowest BCUT2D eigenvalue weighted by Gasteiger charge is -2.31. The molecule has 1 fully saturated rings. The van der Waals surface area contributed by atoms with Crippen LogP contribution in [0.25, 0.3) is 0 Å². The smallest absolute Gasteiger partial charge is 0.280 e. The fourth-order valence-electron chi connectivity index (χ4n) is 3.44. The number of nitro groups is 1. The van der Waals surface area contributed by atoms with E-state index >= 15 is 0 Å². The monoisotopic (exact) mass is 398 g/mol. The summed E-state index contributed by atoms with van der Waals surface area (Å²) >= 11 is 0. The topological polar surface area (TPSA) is 114 Å². The Kier molecular flexibility index (Phi) is 4.60. The van der Waals surface area contributed by atoms with Crippen LogP contribution in [0.5, 0.6) is 0 Å². The zero-order valence-corrected chi connectivity index (χ0v) is 15.6. The van der Waals surface area contributed by atoms with Gasteiger partial charge in [0.05, 0.1) is 9.82 Å². The zero-order valence-electron chi connectivity index (χ0n) is 14.8. The first-order chi connectivity index (χ1) is 13.4. The van der Waals surface area contributed by atoms with Gasteiger partial charge in [-0.25, -0.2) is 8.42 Å². The second-order valence-electron chi connectivity index (χ2n) is 6.76. The molecule has 2 aliphatic carbocycles. The standard InChI is InChI=1S/C19H18N4O4S/c24-23(25)19-12-15(28(26,27)22-14-6-2-1-3-7-14)9-10-17(19)20-21-18-11-13-5-4-8-16(13)18/h1-7,9-10,12-13,16,20,22H,8,11H2/b21-18-/t13-,16-/m1/s1. The van der Waals surface area contributed by atoms with Gasteiger partial charge >= 0.3 is 0 Å². The first kappa shape index (κ1) is 18.2. The van der Waals surface area contributed by atoms with Gasteiger partial charge < -0.3 is 0 Å². The Labute approximate surface area is 162 Å². The van der Waals surface area contributed by atoms with E-state index in [1.54, 1.807) is 30.3 Å². The quantitative estimate of drug-likeness (QED) is 0.437. The van der Waals surface area contributed by atoms with Crippen molar-refractivity contribution in [3.8, 4) is 0 Å². The lowest BCUT2D eigenvalue weighted by atomic mass is 9.74. The van der Waals surface area contributed by atoms with Gasteiger partial charge in [0.25, 0.3) is 15.7 Å². The van der Waals surface area contributed by atoms with E-state index in [2.05, 4.69) is 27.4 Å². The summed E-state index contributed by atoms with van der Waals surface area (Å²) in [7, 11) is -3.95. The summed E-state index contributed by atoms with van der Waals surface area (Å²) in [6.45, 7) is 0. The molecular formula is C19H18N4O4S. The summed E-state index contributed by atoms with van der Waals surface area (Å²) in [5, 5.41) is 15.8. The highest BCUT2D eigenvalue weighted by molar-refractivity contribution is 7.92. The van der Waals surface area contributed by atoms with Gasteiger partial charge in [-0.15, -0.1) is 0 Å². The van der Waals surface area contributed by atoms with Crippen LogP contribution in [0.1, 0.15) is 12.8 Å². The first-order valence-corrected chi connectivity index (χ1v) is 10.3. The molecule has 0 saturated heterocycles. The van der Waals surface area contributed by atoms with Crippen molar-refractivity contribution in [1.82, 2.24) is 0 Å². The third kappa shape index (κ3) is 3.48. The molecule has 28 heavy (non-hydrogen) atoms. The minimum Gasteiger partial charge on any atom is -0.280 e. The number of hydrogen-bond donors (Lipinski definition) is 2. The maximum atomic E-state index is 12.5. The molecule has 2 N–H and O–H groups in total. The summed E-state index contributed by atoms with van der Waals surface area (Å²) in [5.74, 6) is 0.897. The van der Waals surface area contributed by atoms with Crippen molar-refractivity contribution in [3.05, 3.63) is 70.8 Å². The zero-order chi connectivity index (χ0) is 19.7. The summed E-state index contributed by atoms with van der Waals surface area (Å²) in [6, 6.07) is 12.1. The van der Waals surface area contributed by atoms with Gasteiger partial charge in [0.15, 0.2) is 0 Å². The number of hydrazone groups is 1. The number of allylic oxidation sites excluding steroid dienone is 2. The number of hydrogen-bond acceptors (Lipinski definition) is 6. The Balaban J connectivity index is 1.57. The molecule has 9 heteroatoms. The van der Waals surface area contributed by atoms with Crippen LogP contribution in [-0.4, -0.2) is 19.1 Å². The number of nitro benzene ring substituents is 1. The Morgan fingerprint density at radius 1 is 1.14 bits per heavy atom. The number of fused-ring (bicyclic) bond motifs is 1. The maximum absolute atomic E-state index is 12.5. The molecular weight excluding hydrogens is 380 g/mol. The van der Waals surface area contributed by atoms with Gasteiger partial charge in [-0.2, -0.15) is 5.10 Å². The maximum Gasteiger partial charge on any atom is 0.295 e. The molecule has 4 rings (SSSR count). The van der Waals surface area contributed by atoms with Gasteiger partial charge in [-0.1, -0.05) is 30.4 Å². The van der Waals surface area contributed by atoms with Crippen molar-refractivity contribution in [2.45, 2.75) is 17.7 Å². The molecule has 0 bridgehead atoms. The van der Waals surface area contributed by atoms with Crippen LogP contribution in [0.15, 0.2) is 70.7 Å². The molecule has 8 nitrogen and oxygen atoms in total. The van der Waals surface area contributed by atoms with E-state index in [-0.39, 0.29) is 16.3 Å². The average Bonchev–Trinajstić information content (AvgIpc) is 3.03. The number of nitrogens with one attached hydrogen (secondary N) is 2. The van der Waals surface area contributed by atoms with Crippen LogP contribution in [0, 0.1) is 22.0 Å². The van der Waals surface area contributed by atoms with Crippen LogP contribution < -0.4 is 10.1 Å². The summed E-state index contributed by atoms with van der Waals surface area (Å²) in [4.78, 5) is 10.7. The number of nitrogens with zero attached hydrogens (tertiary/aromatic N) is 2. The lowest BCUT2D eigenvalue weighted by Crippen LogP contribution is -2.33. The van der Waals surface area contributed by atoms with Crippen molar-refractivity contribution in [3.63, 3.8) is 0 Å². The van der Waals surface area contributed by atoms with Gasteiger partial charge in [-0.3, -0.25) is 20.3 Å². The number of sulfonamides is 1. The van der Waals surface area contributed by atoms with Crippen molar-refractivity contribution in [1.29, 1.82) is 0 Å². The molecule has 0 aromatic heterocycles. The third-order valence-corrected chi connectivity index (χ3v) is 6.36. The Morgan fingerprint density at radius 2 is 1.93 bits per heavy atom. The van der Waals surface area contributed by atoms with Crippen molar-refractivity contribution < 1.29 is 13.3 Å². The Bertz CT molecular complexity index is 1080. The Morgan fingerprint density at radius 3 is 2.64 bits per heavy atom. The molecule has 0 heterocycles. The number of anilines is 2. The van der Waals surface area contributed by atoms with Crippen molar-refractivity contribution in [2.24, 2.45) is 16.9 Å². The summed E-state index contributed by atoms with van der Waals surface area (Å²) < 4.78 is 27.5. The summed E-state index contributed by atoms with van der Waals surface area (Å²) in [6.07, 6.45) is 6.08. The van der Waals surface area contributed by atoms with Crippen LogP contribution in [0.2, 0.25) is 0 Å². The average molecular weight is 398 g/mol. The molecule has 2 aromatic rings. The molecule has 1 saturated carbocycles. The molecule has 2 atom stereocenters. The SMILES string of the molecule is O=[N+]([O-])c1cc(S(=O)(=O)Nc2ccccc2)ccc1N/N=C1/C[C@H]2C=CC[C@@H]12. The second-order valence-corrected chi connectivity index (χ2v) is 8.44. The lowest BCUT2D eigenvalue weighted by molar-refractivity contribution is -0.384. The minimum absolute atomic E-state index is 0.158. The third-order valence-electron chi connectivity index (χ3n) is 4.99. The highest BCUT2D eigenvalue weighted by atomic mass is 32.2. The van der Waals surface area contributed by atoms with Gasteiger partial charge in [-0.05, 0) is 43.0 Å². The predicted octanol–water partition coefficient (Wildman–Crippen LogP) is 3.76. The Hall–Kier alpha value is -3.20. The number of rotatable bonds is 6. The minimum atomic E-state index is -3.95. The van der Waals surface area contributed by atoms with Crippen LogP contribution in [0.3, 0.4) is 0 Å². The molecule has 0 amide bonds. The largest absolute Gasteiger partial charge is 0.295 e. The highest BCUT2D eigenvalue weighted by Gasteiger charge is 2.38. The molecule has 2 aliphatic rings. The second kappa shape index (κ2) is 7.08. The fraction of sp³-hybridized carbons (Fsp3) is 0.211. The van der Waals surface area contributed by atoms with E-state index in [9.17, 15) is 18.5 Å². The van der Waals surface area contributed by atoms with E-state index in [4.69, 9.17) is 0 Å². The van der Waals surface area contributed by atoms with E-state index in [0.29, 0.717) is 17.5 Å².